The second-order valence-corrected chi connectivity index (χ2v) is 8.01. The van der Waals surface area contributed by atoms with Gasteiger partial charge in [-0.1, -0.05) is 17.8 Å². The number of H-pyrrole nitrogens is 1. The molecule has 0 spiro atoms. The predicted molar refractivity (Wildman–Crippen MR) is 126 cm³/mol. The van der Waals surface area contributed by atoms with E-state index in [0.717, 1.165) is 0 Å². The summed E-state index contributed by atoms with van der Waals surface area (Å²) in [7, 11) is 3.03. The summed E-state index contributed by atoms with van der Waals surface area (Å²) in [6.07, 6.45) is 1.73. The third kappa shape index (κ3) is 5.04. The van der Waals surface area contributed by atoms with Crippen molar-refractivity contribution in [2.24, 2.45) is 0 Å². The van der Waals surface area contributed by atoms with E-state index in [1.807, 2.05) is 4.57 Å². The van der Waals surface area contributed by atoms with E-state index in [1.54, 1.807) is 30.3 Å². The van der Waals surface area contributed by atoms with E-state index in [2.05, 4.69) is 26.7 Å². The number of fused-ring (bicyclic) bond motifs is 1. The van der Waals surface area contributed by atoms with Gasteiger partial charge in [0, 0.05) is 12.6 Å². The highest BCUT2D eigenvalue weighted by atomic mass is 32.2. The monoisotopic (exact) mass is 483 g/mol. The summed E-state index contributed by atoms with van der Waals surface area (Å²) < 4.78 is 31.2. The number of hydrogen-bond donors (Lipinski definition) is 1. The Morgan fingerprint density at radius 2 is 1.88 bits per heavy atom. The molecule has 4 rings (SSSR count). The van der Waals surface area contributed by atoms with Crippen LogP contribution in [0.5, 0.6) is 17.2 Å². The lowest BCUT2D eigenvalue weighted by Crippen LogP contribution is -2.12. The number of aromatic nitrogens is 5. The highest BCUT2D eigenvalue weighted by Gasteiger charge is 2.15. The molecule has 1 N–H and O–H groups in total. The lowest BCUT2D eigenvalue weighted by atomic mass is 10.2. The third-order valence-corrected chi connectivity index (χ3v) is 5.86. The number of aromatic amines is 1. The van der Waals surface area contributed by atoms with Crippen molar-refractivity contribution in [1.82, 2.24) is 24.7 Å². The van der Waals surface area contributed by atoms with Gasteiger partial charge in [-0.25, -0.2) is 9.37 Å². The molecule has 0 bridgehead atoms. The van der Waals surface area contributed by atoms with Crippen LogP contribution in [-0.2, 0) is 18.9 Å². The van der Waals surface area contributed by atoms with Crippen molar-refractivity contribution in [3.05, 3.63) is 76.9 Å². The second kappa shape index (κ2) is 10.4. The Labute approximate surface area is 198 Å². The Kier molecular flexibility index (Phi) is 7.12. The Balaban J connectivity index is 1.53. The maximum absolute atomic E-state index is 13.1. The van der Waals surface area contributed by atoms with Gasteiger partial charge < -0.3 is 19.2 Å². The molecule has 0 aliphatic heterocycles. The summed E-state index contributed by atoms with van der Waals surface area (Å²) in [6, 6.07) is 9.02. The molecular weight excluding hydrogens is 461 g/mol. The number of benzene rings is 2. The average Bonchev–Trinajstić information content (AvgIpc) is 3.23. The molecule has 0 saturated carbocycles. The van der Waals surface area contributed by atoms with Crippen LogP contribution in [0, 0.1) is 5.82 Å². The normalized spacial score (nSPS) is 10.9. The Morgan fingerprint density at radius 3 is 2.59 bits per heavy atom. The quantitative estimate of drug-likeness (QED) is 0.269. The molecule has 2 aromatic heterocycles. The first-order chi connectivity index (χ1) is 16.5. The minimum atomic E-state index is -0.334. The van der Waals surface area contributed by atoms with Crippen molar-refractivity contribution in [1.29, 1.82) is 0 Å². The van der Waals surface area contributed by atoms with Crippen molar-refractivity contribution in [3.63, 3.8) is 0 Å². The van der Waals surface area contributed by atoms with Crippen LogP contribution in [0.15, 0.2) is 59.0 Å². The number of ether oxygens (including phenoxy) is 3. The summed E-state index contributed by atoms with van der Waals surface area (Å²) in [5, 5.41) is 9.48. The van der Waals surface area contributed by atoms with Crippen LogP contribution in [0.1, 0.15) is 11.6 Å². The molecule has 0 amide bonds. The van der Waals surface area contributed by atoms with Gasteiger partial charge in [0.05, 0.1) is 30.9 Å². The van der Waals surface area contributed by atoms with E-state index >= 15 is 0 Å². The number of hydrogen-bond acceptors (Lipinski definition) is 8. The van der Waals surface area contributed by atoms with Gasteiger partial charge in [0.15, 0.2) is 22.5 Å². The Hall–Kier alpha value is -3.86. The van der Waals surface area contributed by atoms with Gasteiger partial charge in [-0.15, -0.1) is 16.8 Å². The van der Waals surface area contributed by atoms with Gasteiger partial charge in [0.2, 0.25) is 0 Å². The van der Waals surface area contributed by atoms with E-state index in [0.29, 0.717) is 57.3 Å². The average molecular weight is 484 g/mol. The fourth-order valence-corrected chi connectivity index (χ4v) is 4.08. The lowest BCUT2D eigenvalue weighted by molar-refractivity contribution is 0.288. The first kappa shape index (κ1) is 23.3. The predicted octanol–water partition coefficient (Wildman–Crippen LogP) is 3.73. The van der Waals surface area contributed by atoms with Gasteiger partial charge in [0.25, 0.3) is 5.56 Å². The Morgan fingerprint density at radius 1 is 1.15 bits per heavy atom. The number of allylic oxidation sites excluding steroid dienone is 1. The maximum atomic E-state index is 13.1. The van der Waals surface area contributed by atoms with Gasteiger partial charge in [-0.05, 0) is 30.3 Å². The summed E-state index contributed by atoms with van der Waals surface area (Å²) in [5.74, 6) is 2.55. The molecule has 9 nitrogen and oxygen atoms in total. The molecule has 4 aromatic rings. The van der Waals surface area contributed by atoms with E-state index in [4.69, 9.17) is 14.2 Å². The molecule has 0 unspecified atom stereocenters. The summed E-state index contributed by atoms with van der Waals surface area (Å²) in [5.41, 5.74) is 0.223. The SMILES string of the molecule is C=CCn1c(COc2ccc(F)cc2)nnc1SCc1nc2cc(OC)c(OC)cc2c(=O)[nH]1. The van der Waals surface area contributed by atoms with Crippen LogP contribution in [0.25, 0.3) is 10.9 Å². The minimum absolute atomic E-state index is 0.152. The molecule has 0 fully saturated rings. The molecule has 0 saturated heterocycles. The van der Waals surface area contributed by atoms with Gasteiger partial charge in [0.1, 0.15) is 24.0 Å². The molecule has 176 valence electrons. The van der Waals surface area contributed by atoms with Crippen molar-refractivity contribution in [3.8, 4) is 17.2 Å². The van der Waals surface area contributed by atoms with E-state index in [9.17, 15) is 9.18 Å². The standard InChI is InChI=1S/C23H22FN5O4S/c1-4-9-29-21(12-33-15-7-5-14(24)6-8-15)27-28-23(29)34-13-20-25-17-11-19(32-3)18(31-2)10-16(17)22(30)26-20/h4-8,10-11H,1,9,12-13H2,2-3H3,(H,25,26,30). The molecule has 0 atom stereocenters. The molecule has 0 radical (unpaired) electrons. The zero-order chi connectivity index (χ0) is 24.1. The molecule has 34 heavy (non-hydrogen) atoms. The maximum Gasteiger partial charge on any atom is 0.258 e. The lowest BCUT2D eigenvalue weighted by Gasteiger charge is -2.10. The van der Waals surface area contributed by atoms with E-state index in [1.165, 1.54) is 38.1 Å². The van der Waals surface area contributed by atoms with Crippen molar-refractivity contribution < 1.29 is 18.6 Å². The summed E-state index contributed by atoms with van der Waals surface area (Å²) in [4.78, 5) is 20.0. The van der Waals surface area contributed by atoms with Crippen molar-refractivity contribution >= 4 is 22.7 Å². The minimum Gasteiger partial charge on any atom is -0.493 e. The van der Waals surface area contributed by atoms with Crippen molar-refractivity contribution in [2.75, 3.05) is 14.2 Å². The number of nitrogens with zero attached hydrogens (tertiary/aromatic N) is 4. The van der Waals surface area contributed by atoms with E-state index < -0.39 is 0 Å². The first-order valence-electron chi connectivity index (χ1n) is 10.2. The van der Waals surface area contributed by atoms with Gasteiger partial charge in [-0.2, -0.15) is 0 Å². The highest BCUT2D eigenvalue weighted by molar-refractivity contribution is 7.98. The first-order valence-corrected chi connectivity index (χ1v) is 11.2. The highest BCUT2D eigenvalue weighted by Crippen LogP contribution is 2.30. The molecule has 0 aliphatic rings. The molecule has 2 aromatic carbocycles. The number of nitrogens with one attached hydrogen (secondary N) is 1. The fourth-order valence-electron chi connectivity index (χ4n) is 3.24. The van der Waals surface area contributed by atoms with Gasteiger partial charge in [-0.3, -0.25) is 9.36 Å². The van der Waals surface area contributed by atoms with Crippen LogP contribution in [0.2, 0.25) is 0 Å². The largest absolute Gasteiger partial charge is 0.493 e. The van der Waals surface area contributed by atoms with E-state index in [-0.39, 0.29) is 18.0 Å². The molecule has 11 heteroatoms. The number of halogens is 1. The van der Waals surface area contributed by atoms with Gasteiger partial charge >= 0.3 is 0 Å². The topological polar surface area (TPSA) is 104 Å². The third-order valence-electron chi connectivity index (χ3n) is 4.88. The van der Waals surface area contributed by atoms with Crippen LogP contribution < -0.4 is 19.8 Å². The molecule has 2 heterocycles. The molecule has 0 aliphatic carbocycles. The molecular formula is C23H22FN5O4S. The fraction of sp³-hybridized carbons (Fsp3) is 0.217. The number of rotatable bonds is 10. The zero-order valence-electron chi connectivity index (χ0n) is 18.6. The second-order valence-electron chi connectivity index (χ2n) is 7.07. The van der Waals surface area contributed by atoms with Crippen LogP contribution in [-0.4, -0.2) is 39.0 Å². The smallest absolute Gasteiger partial charge is 0.258 e. The Bertz CT molecular complexity index is 1370. The summed E-state index contributed by atoms with van der Waals surface area (Å²) in [6.45, 7) is 4.41. The number of methoxy groups -OCH3 is 2. The van der Waals surface area contributed by atoms with Crippen LogP contribution >= 0.6 is 11.8 Å². The number of thioether (sulfide) groups is 1. The summed E-state index contributed by atoms with van der Waals surface area (Å²) >= 11 is 1.37. The zero-order valence-corrected chi connectivity index (χ0v) is 19.4. The van der Waals surface area contributed by atoms with Crippen LogP contribution in [0.4, 0.5) is 4.39 Å². The van der Waals surface area contributed by atoms with Crippen molar-refractivity contribution in [2.45, 2.75) is 24.1 Å². The van der Waals surface area contributed by atoms with Crippen LogP contribution in [0.3, 0.4) is 0 Å².